The van der Waals surface area contributed by atoms with E-state index in [9.17, 15) is 19.2 Å². The minimum absolute atomic E-state index is 0.256. The first kappa shape index (κ1) is 15.0. The molecule has 1 fully saturated rings. The van der Waals surface area contributed by atoms with Gasteiger partial charge in [0, 0.05) is 19.0 Å². The summed E-state index contributed by atoms with van der Waals surface area (Å²) in [6.45, 7) is -0.0158. The van der Waals surface area contributed by atoms with Gasteiger partial charge in [0.2, 0.25) is 5.91 Å². The third-order valence-electron chi connectivity index (χ3n) is 3.85. The van der Waals surface area contributed by atoms with Gasteiger partial charge in [-0.3, -0.25) is 19.3 Å². The van der Waals surface area contributed by atoms with E-state index in [4.69, 9.17) is 4.74 Å². The highest BCUT2D eigenvalue weighted by Gasteiger charge is 2.43. The Balaban J connectivity index is 1.68. The van der Waals surface area contributed by atoms with Gasteiger partial charge in [0.1, 0.15) is 12.3 Å². The molecule has 23 heavy (non-hydrogen) atoms. The Labute approximate surface area is 132 Å². The highest BCUT2D eigenvalue weighted by atomic mass is 16.5. The third-order valence-corrected chi connectivity index (χ3v) is 3.85. The number of nitrogens with zero attached hydrogens (tertiary/aromatic N) is 2. The van der Waals surface area contributed by atoms with Crippen molar-refractivity contribution in [2.24, 2.45) is 0 Å². The summed E-state index contributed by atoms with van der Waals surface area (Å²) >= 11 is 0. The van der Waals surface area contributed by atoms with Gasteiger partial charge >= 0.3 is 17.8 Å². The molecule has 5 amide bonds. The molecule has 1 N–H and O–H groups in total. The number of para-hydroxylation sites is 1. The fourth-order valence-corrected chi connectivity index (χ4v) is 2.63. The number of imide groups is 2. The van der Waals surface area contributed by atoms with Crippen molar-refractivity contribution in [2.45, 2.75) is 12.5 Å². The lowest BCUT2D eigenvalue weighted by molar-refractivity contribution is -0.143. The zero-order chi connectivity index (χ0) is 16.6. The predicted octanol–water partition coefficient (Wildman–Crippen LogP) is 0.0470. The summed E-state index contributed by atoms with van der Waals surface area (Å²) in [6.07, 6.45) is 0.587. The monoisotopic (exact) mass is 317 g/mol. The summed E-state index contributed by atoms with van der Waals surface area (Å²) in [4.78, 5) is 48.3. The summed E-state index contributed by atoms with van der Waals surface area (Å²) in [5, 5.41) is 2.78. The van der Waals surface area contributed by atoms with Crippen molar-refractivity contribution in [3.05, 3.63) is 29.8 Å². The first-order chi connectivity index (χ1) is 11.0. The van der Waals surface area contributed by atoms with Crippen LogP contribution in [0.4, 0.5) is 4.79 Å². The molecule has 2 aliphatic rings. The number of amides is 5. The minimum atomic E-state index is -0.986. The van der Waals surface area contributed by atoms with Crippen LogP contribution in [0.2, 0.25) is 0 Å². The summed E-state index contributed by atoms with van der Waals surface area (Å²) in [6, 6.07) is 6.30. The van der Waals surface area contributed by atoms with Crippen molar-refractivity contribution in [1.82, 2.24) is 15.1 Å². The van der Waals surface area contributed by atoms with Gasteiger partial charge in [-0.15, -0.1) is 0 Å². The molecule has 0 bridgehead atoms. The van der Waals surface area contributed by atoms with Gasteiger partial charge in [0.15, 0.2) is 0 Å². The maximum absolute atomic E-state index is 12.2. The van der Waals surface area contributed by atoms with Crippen LogP contribution in [-0.2, 0) is 14.4 Å². The van der Waals surface area contributed by atoms with E-state index in [1.54, 1.807) is 0 Å². The highest BCUT2D eigenvalue weighted by molar-refractivity contribution is 6.44. The molecule has 3 rings (SSSR count). The van der Waals surface area contributed by atoms with E-state index in [0.717, 1.165) is 5.56 Å². The van der Waals surface area contributed by atoms with Crippen LogP contribution in [0, 0.1) is 0 Å². The molecule has 1 saturated heterocycles. The van der Waals surface area contributed by atoms with E-state index < -0.39 is 30.3 Å². The SMILES string of the molecule is CN1C(=O)C(=O)N(CC(=O)NC2CCOc3ccccc32)C1=O. The van der Waals surface area contributed by atoms with Gasteiger partial charge in [-0.2, -0.15) is 0 Å². The summed E-state index contributed by atoms with van der Waals surface area (Å²) in [5.74, 6) is -1.72. The second-order valence-electron chi connectivity index (χ2n) is 5.33. The van der Waals surface area contributed by atoms with E-state index in [0.29, 0.717) is 28.6 Å². The topological polar surface area (TPSA) is 96.0 Å². The third kappa shape index (κ3) is 2.63. The number of carbonyl (C=O) groups is 4. The largest absolute Gasteiger partial charge is 0.493 e. The number of hydrogen-bond acceptors (Lipinski definition) is 5. The molecule has 0 spiro atoms. The molecule has 8 heteroatoms. The first-order valence-corrected chi connectivity index (χ1v) is 7.13. The zero-order valence-corrected chi connectivity index (χ0v) is 12.4. The zero-order valence-electron chi connectivity index (χ0n) is 12.4. The van der Waals surface area contributed by atoms with Crippen molar-refractivity contribution in [3.8, 4) is 5.75 Å². The van der Waals surface area contributed by atoms with Crippen molar-refractivity contribution in [3.63, 3.8) is 0 Å². The van der Waals surface area contributed by atoms with Gasteiger partial charge < -0.3 is 10.1 Å². The van der Waals surface area contributed by atoms with Crippen LogP contribution < -0.4 is 10.1 Å². The second-order valence-corrected chi connectivity index (χ2v) is 5.33. The van der Waals surface area contributed by atoms with Gasteiger partial charge in [-0.25, -0.2) is 9.69 Å². The van der Waals surface area contributed by atoms with E-state index >= 15 is 0 Å². The smallest absolute Gasteiger partial charge is 0.334 e. The van der Waals surface area contributed by atoms with Gasteiger partial charge in [0.05, 0.1) is 12.6 Å². The number of hydrogen-bond donors (Lipinski definition) is 1. The lowest BCUT2D eigenvalue weighted by atomic mass is 10.0. The van der Waals surface area contributed by atoms with Crippen LogP contribution in [-0.4, -0.2) is 53.8 Å². The Bertz CT molecular complexity index is 702. The molecular formula is C15H15N3O5. The molecular weight excluding hydrogens is 302 g/mol. The molecule has 2 aliphatic heterocycles. The number of benzene rings is 1. The molecule has 1 atom stereocenters. The van der Waals surface area contributed by atoms with E-state index in [2.05, 4.69) is 5.32 Å². The van der Waals surface area contributed by atoms with E-state index in [1.165, 1.54) is 7.05 Å². The Morgan fingerprint density at radius 2 is 2.00 bits per heavy atom. The number of rotatable bonds is 3. The average Bonchev–Trinajstić information content (AvgIpc) is 2.73. The molecule has 1 aromatic rings. The maximum Gasteiger partial charge on any atom is 0.334 e. The first-order valence-electron chi connectivity index (χ1n) is 7.13. The molecule has 1 aromatic carbocycles. The molecule has 120 valence electrons. The fourth-order valence-electron chi connectivity index (χ4n) is 2.63. The standard InChI is InChI=1S/C15H15N3O5/c1-17-13(20)14(21)18(15(17)22)8-12(19)16-10-6-7-23-11-5-3-2-4-9(10)11/h2-5,10H,6-8H2,1H3,(H,16,19). The van der Waals surface area contributed by atoms with Gasteiger partial charge in [-0.1, -0.05) is 18.2 Å². The molecule has 0 saturated carbocycles. The predicted molar refractivity (Wildman–Crippen MR) is 77.3 cm³/mol. The Morgan fingerprint density at radius 1 is 1.26 bits per heavy atom. The van der Waals surface area contributed by atoms with Crippen LogP contribution >= 0.6 is 0 Å². The van der Waals surface area contributed by atoms with Crippen molar-refractivity contribution in [2.75, 3.05) is 20.2 Å². The number of fused-ring (bicyclic) bond motifs is 1. The lowest BCUT2D eigenvalue weighted by Crippen LogP contribution is -2.43. The van der Waals surface area contributed by atoms with Gasteiger partial charge in [-0.05, 0) is 6.07 Å². The summed E-state index contributed by atoms with van der Waals surface area (Å²) in [5.41, 5.74) is 0.847. The Kier molecular flexibility index (Phi) is 3.73. The number of urea groups is 1. The normalized spacial score (nSPS) is 20.4. The van der Waals surface area contributed by atoms with Crippen LogP contribution in [0.15, 0.2) is 24.3 Å². The molecule has 1 unspecified atom stereocenters. The number of likely N-dealkylation sites (N-methyl/N-ethyl adjacent to an activating group) is 1. The van der Waals surface area contributed by atoms with Crippen LogP contribution in [0.5, 0.6) is 5.75 Å². The minimum Gasteiger partial charge on any atom is -0.493 e. The number of nitrogens with one attached hydrogen (secondary N) is 1. The van der Waals surface area contributed by atoms with Crippen LogP contribution in [0.1, 0.15) is 18.0 Å². The van der Waals surface area contributed by atoms with E-state index in [-0.39, 0.29) is 6.04 Å². The second kappa shape index (κ2) is 5.71. The van der Waals surface area contributed by atoms with Crippen molar-refractivity contribution < 1.29 is 23.9 Å². The molecule has 0 aromatic heterocycles. The van der Waals surface area contributed by atoms with Crippen molar-refractivity contribution in [1.29, 1.82) is 0 Å². The van der Waals surface area contributed by atoms with Gasteiger partial charge in [0.25, 0.3) is 0 Å². The Hall–Kier alpha value is -2.90. The summed E-state index contributed by atoms with van der Waals surface area (Å²) < 4.78 is 5.51. The van der Waals surface area contributed by atoms with Crippen LogP contribution in [0.25, 0.3) is 0 Å². The van der Waals surface area contributed by atoms with Crippen LogP contribution in [0.3, 0.4) is 0 Å². The van der Waals surface area contributed by atoms with Crippen molar-refractivity contribution >= 4 is 23.8 Å². The molecule has 0 radical (unpaired) electrons. The highest BCUT2D eigenvalue weighted by Crippen LogP contribution is 2.31. The molecule has 8 nitrogen and oxygen atoms in total. The Morgan fingerprint density at radius 3 is 2.70 bits per heavy atom. The lowest BCUT2D eigenvalue weighted by Gasteiger charge is -2.27. The quantitative estimate of drug-likeness (QED) is 0.627. The fraction of sp³-hybridized carbons (Fsp3) is 0.333. The maximum atomic E-state index is 12.2. The molecule has 0 aliphatic carbocycles. The number of ether oxygens (including phenoxy) is 1. The number of carbonyl (C=O) groups excluding carboxylic acids is 4. The van der Waals surface area contributed by atoms with E-state index in [1.807, 2.05) is 24.3 Å². The average molecular weight is 317 g/mol. The molecule has 2 heterocycles. The summed E-state index contributed by atoms with van der Waals surface area (Å²) in [7, 11) is 1.20.